The molecule has 1 aliphatic rings. The quantitative estimate of drug-likeness (QED) is 0.594. The second-order valence-corrected chi connectivity index (χ2v) is 7.56. The molecule has 0 unspecified atom stereocenters. The van der Waals surface area contributed by atoms with E-state index < -0.39 is 0 Å². The molecule has 1 fully saturated rings. The lowest BCUT2D eigenvalue weighted by atomic mass is 10.1. The Balaban J connectivity index is 1.47. The third-order valence-electron chi connectivity index (χ3n) is 5.53. The van der Waals surface area contributed by atoms with Gasteiger partial charge in [0.25, 0.3) is 5.91 Å². The number of para-hydroxylation sites is 1. The number of hydrogen-bond acceptors (Lipinski definition) is 6. The van der Waals surface area contributed by atoms with Crippen LogP contribution in [0.3, 0.4) is 0 Å². The standard InChI is InChI=1S/C23H27N5O3/c1-27-11-13-28(14-12-27)21(29)15-31-20-10-8-16(22(24)23(20)30-2)7-9-19-17-5-3-4-6-18(17)25-26-19/h3-10H,11-15,24H2,1-2H3,(H,25,26). The molecule has 0 aliphatic carbocycles. The van der Waals surface area contributed by atoms with Crippen molar-refractivity contribution in [3.05, 3.63) is 47.7 Å². The van der Waals surface area contributed by atoms with Crippen molar-refractivity contribution in [1.82, 2.24) is 20.0 Å². The summed E-state index contributed by atoms with van der Waals surface area (Å²) in [5, 5.41) is 8.39. The summed E-state index contributed by atoms with van der Waals surface area (Å²) in [5.74, 6) is 0.827. The number of methoxy groups -OCH3 is 1. The van der Waals surface area contributed by atoms with Crippen LogP contribution in [0.25, 0.3) is 23.1 Å². The highest BCUT2D eigenvalue weighted by Crippen LogP contribution is 2.36. The SMILES string of the molecule is COc1c(OCC(=O)N2CCN(C)CC2)ccc(C=Cc2n[nH]c3ccccc23)c1N. The first kappa shape index (κ1) is 20.7. The molecule has 8 heteroatoms. The highest BCUT2D eigenvalue weighted by molar-refractivity contribution is 5.90. The fourth-order valence-electron chi connectivity index (χ4n) is 3.63. The van der Waals surface area contributed by atoms with E-state index in [0.29, 0.717) is 30.3 Å². The minimum Gasteiger partial charge on any atom is -0.491 e. The van der Waals surface area contributed by atoms with Gasteiger partial charge in [-0.2, -0.15) is 5.10 Å². The monoisotopic (exact) mass is 421 g/mol. The summed E-state index contributed by atoms with van der Waals surface area (Å²) >= 11 is 0. The maximum atomic E-state index is 12.5. The van der Waals surface area contributed by atoms with Crippen molar-refractivity contribution >= 4 is 34.6 Å². The van der Waals surface area contributed by atoms with Crippen LogP contribution in [0.5, 0.6) is 11.5 Å². The minimum absolute atomic E-state index is 0.0388. The van der Waals surface area contributed by atoms with Gasteiger partial charge in [0.1, 0.15) is 0 Å². The van der Waals surface area contributed by atoms with E-state index in [1.165, 1.54) is 7.11 Å². The zero-order valence-electron chi connectivity index (χ0n) is 17.8. The number of nitrogens with one attached hydrogen (secondary N) is 1. The highest BCUT2D eigenvalue weighted by Gasteiger charge is 2.20. The highest BCUT2D eigenvalue weighted by atomic mass is 16.5. The van der Waals surface area contributed by atoms with Gasteiger partial charge in [-0.05, 0) is 31.3 Å². The number of aromatic amines is 1. The topological polar surface area (TPSA) is 96.7 Å². The molecule has 0 saturated carbocycles. The maximum absolute atomic E-state index is 12.5. The average molecular weight is 422 g/mol. The van der Waals surface area contributed by atoms with Crippen molar-refractivity contribution in [2.75, 3.05) is 52.7 Å². The number of nitrogens with zero attached hydrogens (tertiary/aromatic N) is 3. The summed E-state index contributed by atoms with van der Waals surface area (Å²) in [6, 6.07) is 11.5. The van der Waals surface area contributed by atoms with Crippen LogP contribution < -0.4 is 15.2 Å². The van der Waals surface area contributed by atoms with E-state index in [1.807, 2.05) is 47.4 Å². The van der Waals surface area contributed by atoms with Gasteiger partial charge in [0.15, 0.2) is 18.1 Å². The Morgan fingerprint density at radius 1 is 1.16 bits per heavy atom. The number of hydrogen-bond donors (Lipinski definition) is 2. The minimum atomic E-state index is -0.0477. The normalized spacial score (nSPS) is 15.0. The molecule has 2 heterocycles. The Hall–Kier alpha value is -3.52. The molecule has 8 nitrogen and oxygen atoms in total. The smallest absolute Gasteiger partial charge is 0.260 e. The van der Waals surface area contributed by atoms with Gasteiger partial charge in [-0.15, -0.1) is 0 Å². The second-order valence-electron chi connectivity index (χ2n) is 7.56. The van der Waals surface area contributed by atoms with E-state index in [9.17, 15) is 4.79 Å². The Kier molecular flexibility index (Phi) is 6.08. The Morgan fingerprint density at radius 2 is 1.94 bits per heavy atom. The number of aromatic nitrogens is 2. The molecule has 0 radical (unpaired) electrons. The number of fused-ring (bicyclic) bond motifs is 1. The van der Waals surface area contributed by atoms with Crippen LogP contribution in [-0.4, -0.2) is 72.8 Å². The van der Waals surface area contributed by atoms with Crippen molar-refractivity contribution in [2.45, 2.75) is 0 Å². The molecule has 0 atom stereocenters. The summed E-state index contributed by atoms with van der Waals surface area (Å²) in [7, 11) is 3.59. The van der Waals surface area contributed by atoms with Crippen LogP contribution in [0.2, 0.25) is 0 Å². The van der Waals surface area contributed by atoms with Gasteiger partial charge in [-0.25, -0.2) is 0 Å². The van der Waals surface area contributed by atoms with Crippen LogP contribution in [0.1, 0.15) is 11.3 Å². The van der Waals surface area contributed by atoms with Crippen molar-refractivity contribution in [2.24, 2.45) is 0 Å². The lowest BCUT2D eigenvalue weighted by Gasteiger charge is -2.32. The second kappa shape index (κ2) is 9.09. The van der Waals surface area contributed by atoms with E-state index in [0.717, 1.165) is 35.2 Å². The molecule has 1 saturated heterocycles. The number of carbonyl (C=O) groups is 1. The summed E-state index contributed by atoms with van der Waals surface area (Å²) in [6.07, 6.45) is 3.79. The molecular formula is C23H27N5O3. The first-order valence-corrected chi connectivity index (χ1v) is 10.2. The number of likely N-dealkylation sites (N-methyl/N-ethyl adjacent to an activating group) is 1. The predicted molar refractivity (Wildman–Crippen MR) is 122 cm³/mol. The fourth-order valence-corrected chi connectivity index (χ4v) is 3.63. The van der Waals surface area contributed by atoms with Crippen LogP contribution in [0, 0.1) is 0 Å². The molecular weight excluding hydrogens is 394 g/mol. The van der Waals surface area contributed by atoms with Gasteiger partial charge in [0.2, 0.25) is 0 Å². The van der Waals surface area contributed by atoms with Gasteiger partial charge in [-0.1, -0.05) is 24.3 Å². The molecule has 162 valence electrons. The molecule has 1 amide bonds. The van der Waals surface area contributed by atoms with Gasteiger partial charge in [-0.3, -0.25) is 9.89 Å². The van der Waals surface area contributed by atoms with E-state index in [1.54, 1.807) is 6.07 Å². The van der Waals surface area contributed by atoms with Crippen molar-refractivity contribution in [1.29, 1.82) is 0 Å². The average Bonchev–Trinajstić information content (AvgIpc) is 3.20. The predicted octanol–water partition coefficient (Wildman–Crippen LogP) is 2.48. The number of nitrogens with two attached hydrogens (primary N) is 1. The first-order valence-electron chi connectivity index (χ1n) is 10.2. The van der Waals surface area contributed by atoms with E-state index >= 15 is 0 Å². The number of piperazine rings is 1. The third kappa shape index (κ3) is 4.49. The number of ether oxygens (including phenoxy) is 2. The number of carbonyl (C=O) groups excluding carboxylic acids is 1. The lowest BCUT2D eigenvalue weighted by molar-refractivity contribution is -0.134. The molecule has 0 spiro atoms. The summed E-state index contributed by atoms with van der Waals surface area (Å²) in [5.41, 5.74) is 9.35. The first-order chi connectivity index (χ1) is 15.1. The molecule has 2 aromatic carbocycles. The van der Waals surface area contributed by atoms with E-state index in [2.05, 4.69) is 22.1 Å². The lowest BCUT2D eigenvalue weighted by Crippen LogP contribution is -2.48. The fraction of sp³-hybridized carbons (Fsp3) is 0.304. The van der Waals surface area contributed by atoms with Crippen LogP contribution >= 0.6 is 0 Å². The molecule has 4 rings (SSSR count). The summed E-state index contributed by atoms with van der Waals surface area (Å²) in [6.45, 7) is 3.11. The van der Waals surface area contributed by atoms with Gasteiger partial charge in [0.05, 0.1) is 24.0 Å². The molecule has 1 aromatic heterocycles. The van der Waals surface area contributed by atoms with Crippen molar-refractivity contribution in [3.8, 4) is 11.5 Å². The van der Waals surface area contributed by atoms with Crippen molar-refractivity contribution in [3.63, 3.8) is 0 Å². The van der Waals surface area contributed by atoms with Gasteiger partial charge in [0, 0.05) is 37.1 Å². The maximum Gasteiger partial charge on any atom is 0.260 e. The van der Waals surface area contributed by atoms with Gasteiger partial charge >= 0.3 is 0 Å². The Labute approximate surface area is 181 Å². The number of benzene rings is 2. The van der Waals surface area contributed by atoms with E-state index in [-0.39, 0.29) is 12.5 Å². The molecule has 3 aromatic rings. The molecule has 1 aliphatic heterocycles. The third-order valence-corrected chi connectivity index (χ3v) is 5.53. The largest absolute Gasteiger partial charge is 0.491 e. The number of amides is 1. The zero-order chi connectivity index (χ0) is 21.8. The number of rotatable bonds is 6. The zero-order valence-corrected chi connectivity index (χ0v) is 17.8. The van der Waals surface area contributed by atoms with Crippen LogP contribution in [-0.2, 0) is 4.79 Å². The Morgan fingerprint density at radius 3 is 2.71 bits per heavy atom. The number of nitrogen functional groups attached to an aromatic ring is 1. The van der Waals surface area contributed by atoms with Crippen LogP contribution in [0.4, 0.5) is 5.69 Å². The summed E-state index contributed by atoms with van der Waals surface area (Å²) in [4.78, 5) is 16.5. The summed E-state index contributed by atoms with van der Waals surface area (Å²) < 4.78 is 11.2. The Bertz CT molecular complexity index is 1100. The number of anilines is 1. The molecule has 31 heavy (non-hydrogen) atoms. The van der Waals surface area contributed by atoms with Crippen molar-refractivity contribution < 1.29 is 14.3 Å². The van der Waals surface area contributed by atoms with E-state index in [4.69, 9.17) is 15.2 Å². The van der Waals surface area contributed by atoms with Crippen LogP contribution in [0.15, 0.2) is 36.4 Å². The molecule has 0 bridgehead atoms. The number of H-pyrrole nitrogens is 1. The van der Waals surface area contributed by atoms with Gasteiger partial charge < -0.3 is 25.0 Å². The molecule has 3 N–H and O–H groups in total.